The quantitative estimate of drug-likeness (QED) is 0.329. The Kier molecular flexibility index (Phi) is 9.59. The minimum atomic E-state index is -0.201. The maximum atomic E-state index is 14.2. The van der Waals surface area contributed by atoms with Gasteiger partial charge in [-0.1, -0.05) is 93.6 Å². The number of nitrogens with zero attached hydrogens (tertiary/aromatic N) is 2. The molecule has 5 rings (SSSR count). The van der Waals surface area contributed by atoms with Crippen LogP contribution in [0.3, 0.4) is 0 Å². The highest BCUT2D eigenvalue weighted by Gasteiger charge is 2.39. The van der Waals surface area contributed by atoms with Gasteiger partial charge >= 0.3 is 0 Å². The van der Waals surface area contributed by atoms with E-state index in [1.54, 1.807) is 6.92 Å². The summed E-state index contributed by atoms with van der Waals surface area (Å²) in [5.41, 5.74) is 6.52. The Labute approximate surface area is 263 Å². The van der Waals surface area contributed by atoms with E-state index in [2.05, 4.69) is 87.6 Å². The highest BCUT2D eigenvalue weighted by atomic mass is 16.5. The van der Waals surface area contributed by atoms with Crippen molar-refractivity contribution < 1.29 is 14.3 Å². The number of fused-ring (bicyclic) bond motifs is 2. The van der Waals surface area contributed by atoms with Crippen LogP contribution in [-0.4, -0.2) is 66.5 Å². The molecule has 2 unspecified atom stereocenters. The van der Waals surface area contributed by atoms with E-state index in [1.165, 1.54) is 16.7 Å². The predicted octanol–water partition coefficient (Wildman–Crippen LogP) is 6.04. The van der Waals surface area contributed by atoms with Crippen LogP contribution in [0.1, 0.15) is 63.3 Å². The van der Waals surface area contributed by atoms with Crippen molar-refractivity contribution in [3.8, 4) is 5.75 Å². The summed E-state index contributed by atoms with van der Waals surface area (Å²) in [6.07, 6.45) is 2.22. The second-order valence-electron chi connectivity index (χ2n) is 13.5. The molecular formula is C38H47N3O3. The Balaban J connectivity index is 1.41. The average Bonchev–Trinajstić information content (AvgIpc) is 2.99. The van der Waals surface area contributed by atoms with Crippen molar-refractivity contribution in [1.29, 1.82) is 0 Å². The first-order chi connectivity index (χ1) is 21.0. The molecule has 44 heavy (non-hydrogen) atoms. The number of para-hydroxylation sites is 1. The number of piperazine rings is 1. The number of benzene rings is 3. The average molecular weight is 594 g/mol. The zero-order valence-electron chi connectivity index (χ0n) is 27.1. The summed E-state index contributed by atoms with van der Waals surface area (Å²) in [5.74, 6) is 1.01. The number of likely N-dealkylation sites (N-methyl/N-ethyl adjacent to an activating group) is 1. The molecule has 2 heterocycles. The van der Waals surface area contributed by atoms with Gasteiger partial charge in [-0.05, 0) is 59.1 Å². The molecule has 0 aliphatic carbocycles. The van der Waals surface area contributed by atoms with E-state index in [-0.39, 0.29) is 35.4 Å². The number of ether oxygens (including phenoxy) is 1. The van der Waals surface area contributed by atoms with Gasteiger partial charge in [0.15, 0.2) is 0 Å². The van der Waals surface area contributed by atoms with Gasteiger partial charge in [0.2, 0.25) is 5.91 Å². The van der Waals surface area contributed by atoms with Crippen LogP contribution < -0.4 is 10.1 Å². The lowest BCUT2D eigenvalue weighted by Gasteiger charge is -2.44. The van der Waals surface area contributed by atoms with Crippen molar-refractivity contribution >= 4 is 17.4 Å². The number of hydrogen-bond donors (Lipinski definition) is 1. The van der Waals surface area contributed by atoms with Gasteiger partial charge in [0.1, 0.15) is 5.75 Å². The molecule has 2 bridgehead atoms. The molecule has 3 atom stereocenters. The lowest BCUT2D eigenvalue weighted by Crippen LogP contribution is -2.61. The molecule has 6 heteroatoms. The van der Waals surface area contributed by atoms with Crippen LogP contribution >= 0.6 is 0 Å². The molecule has 2 aliphatic rings. The maximum absolute atomic E-state index is 14.2. The summed E-state index contributed by atoms with van der Waals surface area (Å²) in [6.45, 7) is 12.1. The lowest BCUT2D eigenvalue weighted by molar-refractivity contribution is -0.132. The number of amides is 2. The molecule has 0 saturated carbocycles. The van der Waals surface area contributed by atoms with Crippen LogP contribution in [0.15, 0.2) is 84.4 Å². The SMILES string of the molecule is CC(=O)N1CC2CC(c3cccc(CC(C)Oc4ccccc4C(C)(C)C)c3)=C(C(=O)N(C)CCc3ccccc3)[C@@H](C1)N2. The van der Waals surface area contributed by atoms with Gasteiger partial charge in [-0.3, -0.25) is 9.59 Å². The van der Waals surface area contributed by atoms with E-state index in [0.717, 1.165) is 35.3 Å². The Bertz CT molecular complexity index is 1510. The summed E-state index contributed by atoms with van der Waals surface area (Å²) in [5, 5.41) is 3.67. The second kappa shape index (κ2) is 13.4. The molecular weight excluding hydrogens is 546 g/mol. The third kappa shape index (κ3) is 7.41. The monoisotopic (exact) mass is 593 g/mol. The first kappa shape index (κ1) is 31.5. The fourth-order valence-electron chi connectivity index (χ4n) is 6.54. The van der Waals surface area contributed by atoms with Crippen molar-refractivity contribution in [2.75, 3.05) is 26.7 Å². The first-order valence-corrected chi connectivity index (χ1v) is 15.9. The van der Waals surface area contributed by atoms with Gasteiger partial charge in [-0.15, -0.1) is 0 Å². The zero-order chi connectivity index (χ0) is 31.4. The summed E-state index contributed by atoms with van der Waals surface area (Å²) >= 11 is 0. The number of nitrogens with one attached hydrogen (secondary N) is 1. The van der Waals surface area contributed by atoms with Crippen LogP contribution in [-0.2, 0) is 27.8 Å². The van der Waals surface area contributed by atoms with Crippen LogP contribution in [0.2, 0.25) is 0 Å². The van der Waals surface area contributed by atoms with E-state index in [0.29, 0.717) is 26.1 Å². The van der Waals surface area contributed by atoms with Crippen LogP contribution in [0.5, 0.6) is 5.75 Å². The molecule has 1 fully saturated rings. The fourth-order valence-corrected chi connectivity index (χ4v) is 6.54. The number of hydrogen-bond acceptors (Lipinski definition) is 4. The van der Waals surface area contributed by atoms with E-state index in [4.69, 9.17) is 4.74 Å². The van der Waals surface area contributed by atoms with E-state index in [1.807, 2.05) is 41.1 Å². The molecule has 3 aromatic rings. The topological polar surface area (TPSA) is 61.9 Å². The Hall–Kier alpha value is -3.90. The van der Waals surface area contributed by atoms with Gasteiger partial charge in [0.25, 0.3) is 5.91 Å². The molecule has 232 valence electrons. The molecule has 1 N–H and O–H groups in total. The molecule has 3 aromatic carbocycles. The van der Waals surface area contributed by atoms with Gasteiger partial charge in [-0.2, -0.15) is 0 Å². The Morgan fingerprint density at radius 2 is 1.68 bits per heavy atom. The highest BCUT2D eigenvalue weighted by Crippen LogP contribution is 2.35. The van der Waals surface area contributed by atoms with E-state index >= 15 is 0 Å². The van der Waals surface area contributed by atoms with Crippen molar-refractivity contribution in [2.24, 2.45) is 0 Å². The Morgan fingerprint density at radius 1 is 0.977 bits per heavy atom. The van der Waals surface area contributed by atoms with Crippen LogP contribution in [0, 0.1) is 0 Å². The van der Waals surface area contributed by atoms with Gasteiger partial charge < -0.3 is 19.9 Å². The number of carbonyl (C=O) groups is 2. The normalized spacial score (nSPS) is 19.0. The first-order valence-electron chi connectivity index (χ1n) is 15.9. The predicted molar refractivity (Wildman–Crippen MR) is 178 cm³/mol. The molecule has 0 aromatic heterocycles. The third-order valence-corrected chi connectivity index (χ3v) is 8.83. The van der Waals surface area contributed by atoms with Crippen LogP contribution in [0.25, 0.3) is 5.57 Å². The van der Waals surface area contributed by atoms with Gasteiger partial charge in [0.05, 0.1) is 12.1 Å². The van der Waals surface area contributed by atoms with Crippen molar-refractivity contribution in [2.45, 2.75) is 77.5 Å². The summed E-state index contributed by atoms with van der Waals surface area (Å²) in [7, 11) is 1.89. The van der Waals surface area contributed by atoms with E-state index < -0.39 is 0 Å². The van der Waals surface area contributed by atoms with Gasteiger partial charge in [0, 0.05) is 51.6 Å². The van der Waals surface area contributed by atoms with Crippen molar-refractivity contribution in [3.63, 3.8) is 0 Å². The van der Waals surface area contributed by atoms with Crippen molar-refractivity contribution in [3.05, 3.63) is 107 Å². The zero-order valence-corrected chi connectivity index (χ0v) is 27.1. The minimum absolute atomic E-state index is 0.00898. The second-order valence-corrected chi connectivity index (χ2v) is 13.5. The molecule has 6 nitrogen and oxygen atoms in total. The number of carbonyl (C=O) groups excluding carboxylic acids is 2. The lowest BCUT2D eigenvalue weighted by atomic mass is 9.82. The highest BCUT2D eigenvalue weighted by molar-refractivity contribution is 6.03. The fraction of sp³-hybridized carbons (Fsp3) is 0.421. The molecule has 0 spiro atoms. The molecule has 2 amide bonds. The molecule has 1 saturated heterocycles. The molecule has 0 radical (unpaired) electrons. The van der Waals surface area contributed by atoms with Crippen molar-refractivity contribution in [1.82, 2.24) is 15.1 Å². The molecule has 2 aliphatic heterocycles. The number of rotatable bonds is 9. The summed E-state index contributed by atoms with van der Waals surface area (Å²) in [6, 6.07) is 27.1. The standard InChI is InChI=1S/C38H47N3O3/c1-26(44-35-18-11-10-17-33(35)38(3,4)5)21-29-15-12-16-30(22-29)32-23-31-24-41(27(2)42)25-34(39-31)36(32)37(43)40(6)20-19-28-13-8-7-9-14-28/h7-18,22,26,31,34,39H,19-21,23-25H2,1-6H3/t26?,31?,34-/m1/s1. The Morgan fingerprint density at radius 3 is 2.41 bits per heavy atom. The largest absolute Gasteiger partial charge is 0.490 e. The van der Waals surface area contributed by atoms with Gasteiger partial charge in [-0.25, -0.2) is 0 Å². The smallest absolute Gasteiger partial charge is 0.251 e. The van der Waals surface area contributed by atoms with Crippen LogP contribution in [0.4, 0.5) is 0 Å². The third-order valence-electron chi connectivity index (χ3n) is 8.83. The summed E-state index contributed by atoms with van der Waals surface area (Å²) in [4.78, 5) is 30.3. The van der Waals surface area contributed by atoms with E-state index in [9.17, 15) is 9.59 Å². The minimum Gasteiger partial charge on any atom is -0.490 e. The summed E-state index contributed by atoms with van der Waals surface area (Å²) < 4.78 is 6.49. The maximum Gasteiger partial charge on any atom is 0.251 e.